The molecule has 3 N–H and O–H groups in total. The summed E-state index contributed by atoms with van der Waals surface area (Å²) in [5, 5.41) is 20.8. The normalized spacial score (nSPS) is 15.6. The Labute approximate surface area is 140 Å². The SMILES string of the molecule is CC(C)(CCC[C@H](O)[C@@H](O)Cc1ccccc1Cl)[Si](C)(C)O. The molecular weight excluding hydrogens is 316 g/mol. The van der Waals surface area contributed by atoms with Gasteiger partial charge in [0, 0.05) is 11.4 Å². The van der Waals surface area contributed by atoms with Crippen LogP contribution in [0.4, 0.5) is 0 Å². The first-order chi connectivity index (χ1) is 10.0. The number of rotatable bonds is 8. The van der Waals surface area contributed by atoms with Crippen LogP contribution in [0.1, 0.15) is 38.7 Å². The van der Waals surface area contributed by atoms with Crippen LogP contribution in [-0.2, 0) is 6.42 Å². The molecule has 0 bridgehead atoms. The van der Waals surface area contributed by atoms with Crippen LogP contribution < -0.4 is 0 Å². The number of aliphatic hydroxyl groups is 2. The van der Waals surface area contributed by atoms with Crippen LogP contribution >= 0.6 is 11.6 Å². The first-order valence-corrected chi connectivity index (χ1v) is 11.2. The van der Waals surface area contributed by atoms with Crippen molar-refractivity contribution in [2.45, 2.75) is 69.9 Å². The van der Waals surface area contributed by atoms with Crippen molar-refractivity contribution in [3.05, 3.63) is 34.9 Å². The van der Waals surface area contributed by atoms with E-state index in [-0.39, 0.29) is 5.04 Å². The molecule has 0 heterocycles. The molecule has 0 fully saturated rings. The van der Waals surface area contributed by atoms with Gasteiger partial charge in [0.2, 0.25) is 0 Å². The van der Waals surface area contributed by atoms with Crippen LogP contribution in [0.25, 0.3) is 0 Å². The van der Waals surface area contributed by atoms with Gasteiger partial charge in [-0.15, -0.1) is 0 Å². The fourth-order valence-corrected chi connectivity index (χ4v) is 3.28. The number of halogens is 1. The van der Waals surface area contributed by atoms with Gasteiger partial charge in [-0.25, -0.2) is 0 Å². The highest BCUT2D eigenvalue weighted by Crippen LogP contribution is 2.40. The van der Waals surface area contributed by atoms with Crippen molar-refractivity contribution in [3.63, 3.8) is 0 Å². The second-order valence-corrected chi connectivity index (χ2v) is 12.1. The van der Waals surface area contributed by atoms with Crippen molar-refractivity contribution >= 4 is 19.9 Å². The predicted octanol–water partition coefficient (Wildman–Crippen LogP) is 3.75. The lowest BCUT2D eigenvalue weighted by Crippen LogP contribution is -2.39. The molecule has 0 spiro atoms. The molecule has 0 amide bonds. The van der Waals surface area contributed by atoms with E-state index in [1.165, 1.54) is 0 Å². The summed E-state index contributed by atoms with van der Waals surface area (Å²) in [4.78, 5) is 10.3. The molecule has 0 unspecified atom stereocenters. The molecule has 0 radical (unpaired) electrons. The van der Waals surface area contributed by atoms with E-state index < -0.39 is 20.5 Å². The first kappa shape index (κ1) is 19.7. The zero-order valence-corrected chi connectivity index (χ0v) is 15.8. The molecule has 0 saturated carbocycles. The van der Waals surface area contributed by atoms with Gasteiger partial charge in [-0.05, 0) is 42.6 Å². The zero-order valence-electron chi connectivity index (χ0n) is 14.0. The summed E-state index contributed by atoms with van der Waals surface area (Å²) in [7, 11) is -2.21. The van der Waals surface area contributed by atoms with Gasteiger partial charge >= 0.3 is 0 Å². The Morgan fingerprint density at radius 3 is 2.27 bits per heavy atom. The van der Waals surface area contributed by atoms with E-state index in [1.54, 1.807) is 6.07 Å². The van der Waals surface area contributed by atoms with Gasteiger partial charge in [-0.2, -0.15) is 0 Å². The molecule has 0 aromatic heterocycles. The Kier molecular flexibility index (Phi) is 7.08. The molecule has 0 aliphatic heterocycles. The van der Waals surface area contributed by atoms with Crippen LogP contribution in [0.15, 0.2) is 24.3 Å². The lowest BCUT2D eigenvalue weighted by atomic mass is 9.97. The van der Waals surface area contributed by atoms with Crippen LogP contribution in [0.2, 0.25) is 23.2 Å². The average Bonchev–Trinajstić information content (AvgIpc) is 2.39. The molecule has 1 aromatic rings. The van der Waals surface area contributed by atoms with E-state index in [4.69, 9.17) is 11.6 Å². The van der Waals surface area contributed by atoms with Crippen molar-refractivity contribution < 1.29 is 15.0 Å². The maximum Gasteiger partial charge on any atom is 0.188 e. The molecule has 22 heavy (non-hydrogen) atoms. The Morgan fingerprint density at radius 2 is 1.73 bits per heavy atom. The largest absolute Gasteiger partial charge is 0.432 e. The van der Waals surface area contributed by atoms with E-state index >= 15 is 0 Å². The third-order valence-electron chi connectivity index (χ3n) is 4.79. The van der Waals surface area contributed by atoms with Gasteiger partial charge in [0.1, 0.15) is 0 Å². The molecule has 126 valence electrons. The average molecular weight is 345 g/mol. The number of aliphatic hydroxyl groups excluding tert-OH is 2. The smallest absolute Gasteiger partial charge is 0.188 e. The minimum Gasteiger partial charge on any atom is -0.432 e. The minimum atomic E-state index is -2.21. The van der Waals surface area contributed by atoms with Gasteiger partial charge in [0.05, 0.1) is 12.2 Å². The second kappa shape index (κ2) is 7.93. The quantitative estimate of drug-likeness (QED) is 0.629. The summed E-state index contributed by atoms with van der Waals surface area (Å²) in [6.07, 6.45) is 0.922. The van der Waals surface area contributed by atoms with E-state index in [0.717, 1.165) is 18.4 Å². The molecule has 0 aliphatic rings. The van der Waals surface area contributed by atoms with Crippen molar-refractivity contribution in [2.75, 3.05) is 0 Å². The minimum absolute atomic E-state index is 0.0968. The lowest BCUT2D eigenvalue weighted by Gasteiger charge is -2.35. The van der Waals surface area contributed by atoms with Crippen molar-refractivity contribution in [2.24, 2.45) is 0 Å². The van der Waals surface area contributed by atoms with Gasteiger partial charge in [0.15, 0.2) is 8.32 Å². The number of benzene rings is 1. The van der Waals surface area contributed by atoms with Gasteiger partial charge < -0.3 is 15.0 Å². The van der Waals surface area contributed by atoms with Gasteiger partial charge in [-0.1, -0.05) is 50.1 Å². The topological polar surface area (TPSA) is 60.7 Å². The Balaban J connectivity index is 2.45. The van der Waals surface area contributed by atoms with Crippen LogP contribution in [0, 0.1) is 0 Å². The Bertz CT molecular complexity index is 471. The first-order valence-electron chi connectivity index (χ1n) is 7.86. The zero-order chi connectivity index (χ0) is 17.0. The molecular formula is C17H29ClO3Si. The van der Waals surface area contributed by atoms with Gasteiger partial charge in [-0.3, -0.25) is 0 Å². The highest BCUT2D eigenvalue weighted by molar-refractivity contribution is 6.72. The van der Waals surface area contributed by atoms with E-state index in [1.807, 2.05) is 31.3 Å². The maximum absolute atomic E-state index is 10.3. The monoisotopic (exact) mass is 344 g/mol. The standard InChI is InChI=1S/C17H29ClO3Si/c1-17(2,22(3,4)21)11-7-10-15(19)16(20)12-13-8-5-6-9-14(13)18/h5-6,8-9,15-16,19-21H,7,10-12H2,1-4H3/t15-,16-/m0/s1. The Morgan fingerprint density at radius 1 is 1.14 bits per heavy atom. The van der Waals surface area contributed by atoms with Crippen LogP contribution in [0.5, 0.6) is 0 Å². The van der Waals surface area contributed by atoms with Crippen molar-refractivity contribution in [1.29, 1.82) is 0 Å². The Hall–Kier alpha value is -0.393. The molecule has 0 aliphatic carbocycles. The summed E-state index contributed by atoms with van der Waals surface area (Å²) in [5.74, 6) is 0. The third-order valence-corrected chi connectivity index (χ3v) is 8.72. The fraction of sp³-hybridized carbons (Fsp3) is 0.647. The number of hydrogen-bond donors (Lipinski definition) is 3. The third kappa shape index (κ3) is 5.67. The molecule has 1 aromatic carbocycles. The van der Waals surface area contributed by atoms with Gasteiger partial charge in [0.25, 0.3) is 0 Å². The summed E-state index contributed by atoms with van der Waals surface area (Å²) in [5.41, 5.74) is 0.847. The highest BCUT2D eigenvalue weighted by atomic mass is 35.5. The van der Waals surface area contributed by atoms with E-state index in [0.29, 0.717) is 17.9 Å². The van der Waals surface area contributed by atoms with Crippen LogP contribution in [0.3, 0.4) is 0 Å². The van der Waals surface area contributed by atoms with E-state index in [2.05, 4.69) is 13.8 Å². The van der Waals surface area contributed by atoms with E-state index in [9.17, 15) is 15.0 Å². The number of hydrogen-bond acceptors (Lipinski definition) is 3. The van der Waals surface area contributed by atoms with Crippen molar-refractivity contribution in [3.8, 4) is 0 Å². The highest BCUT2D eigenvalue weighted by Gasteiger charge is 2.37. The summed E-state index contributed by atoms with van der Waals surface area (Å²) >= 11 is 6.07. The van der Waals surface area contributed by atoms with Crippen LogP contribution in [-0.4, -0.2) is 35.5 Å². The molecule has 1 rings (SSSR count). The molecule has 2 atom stereocenters. The maximum atomic E-state index is 10.3. The summed E-state index contributed by atoms with van der Waals surface area (Å²) in [6, 6.07) is 7.36. The summed E-state index contributed by atoms with van der Waals surface area (Å²) < 4.78 is 0. The second-order valence-electron chi connectivity index (χ2n) is 7.27. The predicted molar refractivity (Wildman–Crippen MR) is 94.8 cm³/mol. The molecule has 5 heteroatoms. The molecule has 0 saturated heterocycles. The fourth-order valence-electron chi connectivity index (χ4n) is 2.28. The van der Waals surface area contributed by atoms with Crippen molar-refractivity contribution in [1.82, 2.24) is 0 Å². The lowest BCUT2D eigenvalue weighted by molar-refractivity contribution is 0.0133. The molecule has 3 nitrogen and oxygen atoms in total. The summed E-state index contributed by atoms with van der Waals surface area (Å²) in [6.45, 7) is 8.03.